The average molecular weight is 334 g/mol. The van der Waals surface area contributed by atoms with E-state index in [4.69, 9.17) is 16.3 Å². The highest BCUT2D eigenvalue weighted by atomic mass is 35.5. The molecule has 0 radical (unpaired) electrons. The predicted octanol–water partition coefficient (Wildman–Crippen LogP) is 2.71. The molecule has 0 aliphatic carbocycles. The Morgan fingerprint density at radius 1 is 1.35 bits per heavy atom. The van der Waals surface area contributed by atoms with Crippen LogP contribution in [0.3, 0.4) is 0 Å². The van der Waals surface area contributed by atoms with Crippen molar-refractivity contribution in [3.8, 4) is 0 Å². The van der Waals surface area contributed by atoms with Crippen LogP contribution in [0.1, 0.15) is 29.9 Å². The van der Waals surface area contributed by atoms with Gasteiger partial charge in [-0.05, 0) is 24.5 Å². The first kappa shape index (κ1) is 16.0. The zero-order valence-electron chi connectivity index (χ0n) is 12.9. The number of amides is 1. The van der Waals surface area contributed by atoms with E-state index >= 15 is 0 Å². The first-order valence-corrected chi connectivity index (χ1v) is 8.23. The summed E-state index contributed by atoms with van der Waals surface area (Å²) in [5.41, 5.74) is 1.94. The molecule has 1 aliphatic heterocycles. The molecule has 6 heteroatoms. The minimum atomic E-state index is -0.136. The monoisotopic (exact) mass is 333 g/mol. The molecule has 3 rings (SSSR count). The number of carbonyl (C=O) groups excluding carboxylic acids is 1. The molecule has 0 unspecified atom stereocenters. The lowest BCUT2D eigenvalue weighted by Crippen LogP contribution is -2.28. The molecule has 2 heterocycles. The Bertz CT molecular complexity index is 684. The van der Waals surface area contributed by atoms with Gasteiger partial charge in [-0.1, -0.05) is 29.8 Å². The van der Waals surface area contributed by atoms with E-state index in [1.807, 2.05) is 30.5 Å². The Morgan fingerprint density at radius 3 is 3.09 bits per heavy atom. The lowest BCUT2D eigenvalue weighted by atomic mass is 10.1. The van der Waals surface area contributed by atoms with Gasteiger partial charge in [0.25, 0.3) is 0 Å². The number of hydrogen-bond acceptors (Lipinski definition) is 3. The zero-order valence-corrected chi connectivity index (χ0v) is 13.7. The van der Waals surface area contributed by atoms with Gasteiger partial charge in [-0.3, -0.25) is 4.79 Å². The molecule has 0 fully saturated rings. The first-order valence-electron chi connectivity index (χ1n) is 7.85. The van der Waals surface area contributed by atoms with Crippen LogP contribution in [0.25, 0.3) is 0 Å². The quantitative estimate of drug-likeness (QED) is 0.884. The number of ether oxygens (including phenoxy) is 1. The Kier molecular flexibility index (Phi) is 5.31. The van der Waals surface area contributed by atoms with Gasteiger partial charge in [0.1, 0.15) is 12.4 Å². The van der Waals surface area contributed by atoms with Crippen LogP contribution < -0.4 is 5.32 Å². The Morgan fingerprint density at radius 2 is 2.22 bits per heavy atom. The van der Waals surface area contributed by atoms with Crippen LogP contribution in [0.4, 0.5) is 0 Å². The second-order valence-electron chi connectivity index (χ2n) is 5.64. The molecular weight excluding hydrogens is 314 g/mol. The summed E-state index contributed by atoms with van der Waals surface area (Å²) in [4.78, 5) is 16.3. The Hall–Kier alpha value is -1.85. The van der Waals surface area contributed by atoms with Crippen molar-refractivity contribution in [2.45, 2.75) is 39.0 Å². The van der Waals surface area contributed by atoms with Crippen LogP contribution in [-0.4, -0.2) is 22.1 Å². The molecule has 5 nitrogen and oxygen atoms in total. The molecule has 122 valence electrons. The average Bonchev–Trinajstić information content (AvgIpc) is 2.98. The predicted molar refractivity (Wildman–Crippen MR) is 88.1 cm³/mol. The van der Waals surface area contributed by atoms with E-state index < -0.39 is 0 Å². The maximum Gasteiger partial charge on any atom is 0.246 e. The van der Waals surface area contributed by atoms with Crippen molar-refractivity contribution in [2.24, 2.45) is 0 Å². The van der Waals surface area contributed by atoms with Crippen molar-refractivity contribution < 1.29 is 9.53 Å². The van der Waals surface area contributed by atoms with Gasteiger partial charge in [-0.25, -0.2) is 4.98 Å². The van der Waals surface area contributed by atoms with Crippen molar-refractivity contribution in [2.75, 3.05) is 6.61 Å². The molecule has 2 aromatic rings. The fourth-order valence-electron chi connectivity index (χ4n) is 2.73. The minimum Gasteiger partial charge on any atom is -0.367 e. The lowest BCUT2D eigenvalue weighted by molar-refractivity contribution is -0.126. The second-order valence-corrected chi connectivity index (χ2v) is 6.04. The van der Waals surface area contributed by atoms with Crippen molar-refractivity contribution in [1.29, 1.82) is 0 Å². The lowest BCUT2D eigenvalue weighted by Gasteiger charge is -2.16. The molecule has 23 heavy (non-hydrogen) atoms. The number of aryl methyl sites for hydroxylation is 1. The first-order chi connectivity index (χ1) is 11.2. The largest absolute Gasteiger partial charge is 0.367 e. The molecule has 1 N–H and O–H groups in total. The van der Waals surface area contributed by atoms with E-state index in [0.717, 1.165) is 30.0 Å². The molecule has 0 atom stereocenters. The maximum absolute atomic E-state index is 11.9. The minimum absolute atomic E-state index is 0.0201. The van der Waals surface area contributed by atoms with Crippen molar-refractivity contribution in [1.82, 2.24) is 14.9 Å². The summed E-state index contributed by atoms with van der Waals surface area (Å²) in [7, 11) is 0. The van der Waals surface area contributed by atoms with Gasteiger partial charge >= 0.3 is 0 Å². The Labute approximate surface area is 140 Å². The van der Waals surface area contributed by atoms with Crippen LogP contribution in [0.2, 0.25) is 5.02 Å². The van der Waals surface area contributed by atoms with Gasteiger partial charge in [0, 0.05) is 18.0 Å². The number of rotatable bonds is 6. The maximum atomic E-state index is 11.9. The molecular formula is C17H20ClN3O2. The van der Waals surface area contributed by atoms with Crippen molar-refractivity contribution in [3.05, 3.63) is 52.6 Å². The van der Waals surface area contributed by atoms with Gasteiger partial charge in [0.15, 0.2) is 0 Å². The van der Waals surface area contributed by atoms with Crippen LogP contribution in [0, 0.1) is 0 Å². The molecule has 1 aromatic carbocycles. The van der Waals surface area contributed by atoms with E-state index in [1.165, 1.54) is 12.8 Å². The zero-order chi connectivity index (χ0) is 16.1. The number of imidazole rings is 1. The number of halogens is 1. The summed E-state index contributed by atoms with van der Waals surface area (Å²) in [5, 5.41) is 3.53. The van der Waals surface area contributed by atoms with Crippen molar-refractivity contribution in [3.63, 3.8) is 0 Å². The van der Waals surface area contributed by atoms with Gasteiger partial charge < -0.3 is 14.6 Å². The molecule has 1 aliphatic rings. The van der Waals surface area contributed by atoms with Gasteiger partial charge in [-0.15, -0.1) is 0 Å². The third-order valence-electron chi connectivity index (χ3n) is 3.97. The third-order valence-corrected chi connectivity index (χ3v) is 4.34. The highest BCUT2D eigenvalue weighted by molar-refractivity contribution is 6.31. The SMILES string of the molecule is O=C(COCc1ccccc1Cl)NCc1cnc2n1CCCC2. The molecule has 0 saturated carbocycles. The van der Waals surface area contributed by atoms with Crippen LogP contribution >= 0.6 is 11.6 Å². The third kappa shape index (κ3) is 4.12. The topological polar surface area (TPSA) is 56.1 Å². The fraction of sp³-hybridized carbons (Fsp3) is 0.412. The van der Waals surface area contributed by atoms with Gasteiger partial charge in [0.05, 0.1) is 25.0 Å². The number of aromatic nitrogens is 2. The normalized spacial score (nSPS) is 13.6. The summed E-state index contributed by atoms with van der Waals surface area (Å²) in [6.45, 7) is 1.83. The number of carbonyl (C=O) groups is 1. The number of nitrogens with zero attached hydrogens (tertiary/aromatic N) is 2. The van der Waals surface area contributed by atoms with E-state index in [9.17, 15) is 4.79 Å². The van der Waals surface area contributed by atoms with Gasteiger partial charge in [-0.2, -0.15) is 0 Å². The Balaban J connectivity index is 1.43. The summed E-state index contributed by atoms with van der Waals surface area (Å²) in [6.07, 6.45) is 5.24. The van der Waals surface area contributed by atoms with Gasteiger partial charge in [0.2, 0.25) is 5.91 Å². The number of hydrogen-bond donors (Lipinski definition) is 1. The molecule has 1 aromatic heterocycles. The van der Waals surface area contributed by atoms with E-state index in [-0.39, 0.29) is 12.5 Å². The summed E-state index contributed by atoms with van der Waals surface area (Å²) in [5.74, 6) is 0.985. The van der Waals surface area contributed by atoms with E-state index in [2.05, 4.69) is 14.9 Å². The highest BCUT2D eigenvalue weighted by Crippen LogP contribution is 2.16. The van der Waals surface area contributed by atoms with E-state index in [0.29, 0.717) is 18.2 Å². The van der Waals surface area contributed by atoms with Crippen LogP contribution in [0.15, 0.2) is 30.5 Å². The van der Waals surface area contributed by atoms with E-state index in [1.54, 1.807) is 0 Å². The smallest absolute Gasteiger partial charge is 0.246 e. The molecule has 0 bridgehead atoms. The van der Waals surface area contributed by atoms with Crippen molar-refractivity contribution >= 4 is 17.5 Å². The number of nitrogens with one attached hydrogen (secondary N) is 1. The second kappa shape index (κ2) is 7.62. The summed E-state index contributed by atoms with van der Waals surface area (Å²) in [6, 6.07) is 7.46. The molecule has 0 spiro atoms. The fourth-order valence-corrected chi connectivity index (χ4v) is 2.92. The highest BCUT2D eigenvalue weighted by Gasteiger charge is 2.14. The molecule has 1 amide bonds. The standard InChI is InChI=1S/C17H20ClN3O2/c18-15-6-2-1-5-13(15)11-23-12-17(22)20-10-14-9-19-16-7-3-4-8-21(14)16/h1-2,5-6,9H,3-4,7-8,10-12H2,(H,20,22). The van der Waals surface area contributed by atoms with Crippen LogP contribution in [0.5, 0.6) is 0 Å². The van der Waals surface area contributed by atoms with Crippen LogP contribution in [-0.2, 0) is 35.6 Å². The number of benzene rings is 1. The number of fused-ring (bicyclic) bond motifs is 1. The molecule has 0 saturated heterocycles. The summed E-state index contributed by atoms with van der Waals surface area (Å²) >= 11 is 6.05. The summed E-state index contributed by atoms with van der Waals surface area (Å²) < 4.78 is 7.63.